The van der Waals surface area contributed by atoms with Gasteiger partial charge in [0.25, 0.3) is 0 Å². The van der Waals surface area contributed by atoms with Crippen LogP contribution in [0.2, 0.25) is 0 Å². The molecule has 0 atom stereocenters. The van der Waals surface area contributed by atoms with Crippen molar-refractivity contribution < 1.29 is 9.53 Å². The molecule has 2 fully saturated rings. The summed E-state index contributed by atoms with van der Waals surface area (Å²) in [5.41, 5.74) is 2.62. The molecule has 32 heavy (non-hydrogen) atoms. The summed E-state index contributed by atoms with van der Waals surface area (Å²) < 4.78 is 6.53. The molecule has 0 bridgehead atoms. The van der Waals surface area contributed by atoms with Crippen molar-refractivity contribution in [3.63, 3.8) is 0 Å². The Bertz CT molecular complexity index is 1050. The fourth-order valence-electron chi connectivity index (χ4n) is 3.34. The Morgan fingerprint density at radius 1 is 1.19 bits per heavy atom. The highest BCUT2D eigenvalue weighted by atomic mass is 32.2. The van der Waals surface area contributed by atoms with Crippen LogP contribution in [0, 0.1) is 0 Å². The molecule has 2 aromatic heterocycles. The summed E-state index contributed by atoms with van der Waals surface area (Å²) >= 11 is 3.31. The van der Waals surface area contributed by atoms with E-state index in [0.717, 1.165) is 58.8 Å². The van der Waals surface area contributed by atoms with Gasteiger partial charge in [-0.2, -0.15) is 0 Å². The summed E-state index contributed by atoms with van der Waals surface area (Å²) in [5.74, 6) is 2.32. The molecular weight excluding hydrogens is 444 g/mol. The first kappa shape index (κ1) is 21.2. The number of nitrogens with one attached hydrogen (secondary N) is 2. The van der Waals surface area contributed by atoms with Crippen LogP contribution in [0.4, 0.5) is 16.3 Å². The van der Waals surface area contributed by atoms with Crippen LogP contribution in [-0.2, 0) is 10.5 Å². The van der Waals surface area contributed by atoms with Crippen LogP contribution in [0.15, 0.2) is 46.2 Å². The van der Waals surface area contributed by atoms with Crippen molar-refractivity contribution in [2.75, 3.05) is 36.5 Å². The first-order chi connectivity index (χ1) is 15.7. The number of nitrogens with zero attached hydrogens (tertiary/aromatic N) is 4. The van der Waals surface area contributed by atoms with E-state index >= 15 is 0 Å². The van der Waals surface area contributed by atoms with Crippen LogP contribution in [0.3, 0.4) is 0 Å². The van der Waals surface area contributed by atoms with Gasteiger partial charge >= 0.3 is 6.03 Å². The molecule has 3 aromatic rings. The van der Waals surface area contributed by atoms with Crippen LogP contribution < -0.4 is 15.5 Å². The van der Waals surface area contributed by atoms with Gasteiger partial charge in [-0.05, 0) is 37.1 Å². The minimum absolute atomic E-state index is 0.160. The van der Waals surface area contributed by atoms with Crippen LogP contribution in [0.25, 0.3) is 11.4 Å². The normalized spacial score (nSPS) is 16.1. The third kappa shape index (κ3) is 5.56. The average Bonchev–Trinajstić information content (AvgIpc) is 3.48. The number of hydrogen-bond donors (Lipinski definition) is 2. The Hall–Kier alpha value is -2.69. The fraction of sp³-hybridized carbons (Fsp3) is 0.364. The number of aromatic nitrogens is 3. The number of morpholine rings is 1. The largest absolute Gasteiger partial charge is 0.378 e. The molecule has 10 heteroatoms. The number of anilines is 2. The lowest BCUT2D eigenvalue weighted by Gasteiger charge is -2.28. The molecular formula is C22H24N6O2S2. The van der Waals surface area contributed by atoms with Gasteiger partial charge in [0.05, 0.1) is 18.9 Å². The number of carbonyl (C=O) groups excluding carboxylic acids is 1. The van der Waals surface area contributed by atoms with Crippen LogP contribution in [0.1, 0.15) is 18.5 Å². The first-order valence-corrected chi connectivity index (χ1v) is 12.5. The van der Waals surface area contributed by atoms with E-state index in [1.54, 1.807) is 23.1 Å². The third-order valence-corrected chi connectivity index (χ3v) is 7.17. The minimum atomic E-state index is -0.160. The lowest BCUT2D eigenvalue weighted by molar-refractivity contribution is 0.122. The van der Waals surface area contributed by atoms with E-state index in [-0.39, 0.29) is 6.03 Å². The van der Waals surface area contributed by atoms with Gasteiger partial charge < -0.3 is 20.3 Å². The number of ether oxygens (including phenoxy) is 1. The summed E-state index contributed by atoms with van der Waals surface area (Å²) in [6.07, 6.45) is 3.94. The first-order valence-electron chi connectivity index (χ1n) is 10.6. The summed E-state index contributed by atoms with van der Waals surface area (Å²) in [4.78, 5) is 28.2. The maximum absolute atomic E-state index is 12.0. The van der Waals surface area contributed by atoms with E-state index in [1.807, 2.05) is 35.8 Å². The molecule has 0 unspecified atom stereocenters. The smallest absolute Gasteiger partial charge is 0.319 e. The van der Waals surface area contributed by atoms with Crippen molar-refractivity contribution in [3.8, 4) is 11.4 Å². The number of amides is 2. The molecule has 1 aromatic carbocycles. The van der Waals surface area contributed by atoms with E-state index in [1.165, 1.54) is 0 Å². The molecule has 3 heterocycles. The number of thioether (sulfide) groups is 1. The summed E-state index contributed by atoms with van der Waals surface area (Å²) in [5, 5.41) is 7.79. The van der Waals surface area contributed by atoms with Gasteiger partial charge in [-0.15, -0.1) is 11.3 Å². The highest BCUT2D eigenvalue weighted by Gasteiger charge is 2.23. The summed E-state index contributed by atoms with van der Waals surface area (Å²) in [6, 6.07) is 9.89. The predicted octanol–water partition coefficient (Wildman–Crippen LogP) is 4.01. The number of benzene rings is 1. The zero-order valence-corrected chi connectivity index (χ0v) is 19.1. The van der Waals surface area contributed by atoms with Crippen molar-refractivity contribution in [2.24, 2.45) is 0 Å². The quantitative estimate of drug-likeness (QED) is 0.506. The Morgan fingerprint density at radius 2 is 2.00 bits per heavy atom. The molecule has 166 valence electrons. The molecule has 1 saturated carbocycles. The van der Waals surface area contributed by atoms with Crippen molar-refractivity contribution in [2.45, 2.75) is 29.0 Å². The highest BCUT2D eigenvalue weighted by molar-refractivity contribution is 8.00. The minimum Gasteiger partial charge on any atom is -0.378 e. The van der Waals surface area contributed by atoms with E-state index in [0.29, 0.717) is 25.1 Å². The Kier molecular flexibility index (Phi) is 6.51. The number of hydrogen-bond acceptors (Lipinski definition) is 8. The molecule has 8 nitrogen and oxygen atoms in total. The molecule has 0 spiro atoms. The van der Waals surface area contributed by atoms with Crippen molar-refractivity contribution in [1.29, 1.82) is 0 Å². The molecule has 1 saturated heterocycles. The number of rotatable bonds is 7. The van der Waals surface area contributed by atoms with E-state index in [9.17, 15) is 4.79 Å². The molecule has 2 aliphatic rings. The van der Waals surface area contributed by atoms with Gasteiger partial charge in [-0.25, -0.2) is 19.7 Å². The Morgan fingerprint density at radius 3 is 2.72 bits per heavy atom. The predicted molar refractivity (Wildman–Crippen MR) is 127 cm³/mol. The molecule has 1 aliphatic carbocycles. The molecule has 0 radical (unpaired) electrons. The van der Waals surface area contributed by atoms with Crippen LogP contribution in [0.5, 0.6) is 0 Å². The summed E-state index contributed by atoms with van der Waals surface area (Å²) in [7, 11) is 0. The van der Waals surface area contributed by atoms with Crippen molar-refractivity contribution >= 4 is 40.6 Å². The number of urea groups is 1. The van der Waals surface area contributed by atoms with Gasteiger partial charge in [0.2, 0.25) is 0 Å². The number of carbonyl (C=O) groups is 1. The second-order valence-electron chi connectivity index (χ2n) is 7.68. The van der Waals surface area contributed by atoms with Gasteiger partial charge in [-0.3, -0.25) is 0 Å². The maximum atomic E-state index is 12.0. The second-order valence-corrected chi connectivity index (χ2v) is 9.79. The van der Waals surface area contributed by atoms with Crippen molar-refractivity contribution in [3.05, 3.63) is 47.6 Å². The zero-order chi connectivity index (χ0) is 21.8. The van der Waals surface area contributed by atoms with E-state index < -0.39 is 0 Å². The molecule has 2 N–H and O–H groups in total. The van der Waals surface area contributed by atoms with Gasteiger partial charge in [0.1, 0.15) is 10.2 Å². The topological polar surface area (TPSA) is 92.3 Å². The summed E-state index contributed by atoms with van der Waals surface area (Å²) in [6.45, 7) is 3.03. The van der Waals surface area contributed by atoms with Crippen LogP contribution >= 0.6 is 23.1 Å². The average molecular weight is 469 g/mol. The Balaban J connectivity index is 1.35. The van der Waals surface area contributed by atoms with E-state index in [2.05, 4.69) is 26.6 Å². The van der Waals surface area contributed by atoms with Gasteiger partial charge in [-0.1, -0.05) is 11.8 Å². The van der Waals surface area contributed by atoms with Gasteiger partial charge in [0.15, 0.2) is 5.82 Å². The zero-order valence-electron chi connectivity index (χ0n) is 17.5. The second kappa shape index (κ2) is 9.85. The van der Waals surface area contributed by atoms with E-state index in [4.69, 9.17) is 14.7 Å². The highest BCUT2D eigenvalue weighted by Crippen LogP contribution is 2.28. The molecule has 5 rings (SSSR count). The monoisotopic (exact) mass is 468 g/mol. The maximum Gasteiger partial charge on any atom is 0.319 e. The van der Waals surface area contributed by atoms with Crippen LogP contribution in [-0.4, -0.2) is 53.3 Å². The van der Waals surface area contributed by atoms with Gasteiger partial charge in [0, 0.05) is 53.8 Å². The third-order valence-electron chi connectivity index (χ3n) is 5.17. The SMILES string of the molecule is O=C(Nc1ccc(-c2nc(CSc3nccs3)cc(N3CCOCC3)n2)cc1)NC1CC1. The lowest BCUT2D eigenvalue weighted by Crippen LogP contribution is -2.37. The Labute approximate surface area is 194 Å². The standard InChI is InChI=1S/C22H24N6O2S2/c29-21(26-17-5-6-17)25-16-3-1-15(2-4-16)20-24-18(14-32-22-23-7-12-31-22)13-19(27-20)28-8-10-30-11-9-28/h1-4,7,12-13,17H,5-6,8-11,14H2,(H2,25,26,29). The molecule has 2 amide bonds. The van der Waals surface area contributed by atoms with Crippen molar-refractivity contribution in [1.82, 2.24) is 20.3 Å². The fourth-order valence-corrected chi connectivity index (χ4v) is 4.87. The lowest BCUT2D eigenvalue weighted by atomic mass is 10.2. The molecule has 1 aliphatic heterocycles. The number of thiazole rings is 1.